The van der Waals surface area contributed by atoms with Crippen molar-refractivity contribution in [1.82, 2.24) is 0 Å². The third kappa shape index (κ3) is 5.01. The third-order valence-electron chi connectivity index (χ3n) is 4.65. The molecule has 0 atom stereocenters. The Morgan fingerprint density at radius 3 is 2.38 bits per heavy atom. The minimum Gasteiger partial charge on any atom is -0.195 e. The van der Waals surface area contributed by atoms with Gasteiger partial charge in [-0.3, -0.25) is 0 Å². The minimum absolute atomic E-state index is 0.268. The van der Waals surface area contributed by atoms with Gasteiger partial charge in [0.05, 0.1) is 0 Å². The monoisotopic (exact) mass is 285 g/mol. The van der Waals surface area contributed by atoms with Gasteiger partial charge in [0, 0.05) is 0 Å². The number of benzene rings is 1. The smallest absolute Gasteiger partial charge is 0.195 e. The summed E-state index contributed by atoms with van der Waals surface area (Å²) in [6.07, 6.45) is 9.34. The van der Waals surface area contributed by atoms with E-state index in [1.807, 2.05) is 0 Å². The predicted molar refractivity (Wildman–Crippen MR) is 84.4 cm³/mol. The molecule has 2 rings (SSSR count). The van der Waals surface area contributed by atoms with Crippen molar-refractivity contribution in [3.05, 3.63) is 47.3 Å². The lowest BCUT2D eigenvalue weighted by Crippen LogP contribution is -2.14. The van der Waals surface area contributed by atoms with Gasteiger partial charge in [0.25, 0.3) is 0 Å². The maximum atomic E-state index is 12.9. The number of halogens is 1. The Morgan fingerprint density at radius 2 is 1.81 bits per heavy atom. The molecule has 0 N–H and O–H groups in total. The predicted octanol–water partition coefficient (Wildman–Crippen LogP) is 5.36. The summed E-state index contributed by atoms with van der Waals surface area (Å²) < 4.78 is 12.9. The molecule has 1 aromatic rings. The Hall–Kier alpha value is -1.62. The Morgan fingerprint density at radius 1 is 1.19 bits per heavy atom. The van der Waals surface area contributed by atoms with Crippen molar-refractivity contribution < 1.29 is 4.39 Å². The summed E-state index contributed by atoms with van der Waals surface area (Å²) in [5.41, 5.74) is 2.82. The molecule has 1 aliphatic carbocycles. The normalized spacial score (nSPS) is 22.8. The molecule has 21 heavy (non-hydrogen) atoms. The molecule has 0 heterocycles. The minimum atomic E-state index is -0.616. The van der Waals surface area contributed by atoms with E-state index < -0.39 is 5.83 Å². The van der Waals surface area contributed by atoms with Crippen LogP contribution in [-0.2, 0) is 12.8 Å². The lowest BCUT2D eigenvalue weighted by Gasteiger charge is -2.26. The number of rotatable bonds is 5. The summed E-state index contributed by atoms with van der Waals surface area (Å²) in [6, 6.07) is 10.5. The largest absolute Gasteiger partial charge is 0.196 e. The first-order valence-corrected chi connectivity index (χ1v) is 8.06. The van der Waals surface area contributed by atoms with Crippen LogP contribution in [-0.4, -0.2) is 0 Å². The van der Waals surface area contributed by atoms with E-state index in [9.17, 15) is 4.39 Å². The first-order chi connectivity index (χ1) is 10.2. The molecule has 1 saturated carbocycles. The standard InChI is InChI=1S/C19H24FN/c1-2-15-3-5-16(6-4-15)7-8-17-9-11-18(12-10-17)13-19(20)14-21/h3-6,13,17-18H,2,7-12H2,1H3. The highest BCUT2D eigenvalue weighted by Gasteiger charge is 2.20. The fraction of sp³-hybridized carbons (Fsp3) is 0.526. The highest BCUT2D eigenvalue weighted by molar-refractivity contribution is 5.22. The zero-order chi connectivity index (χ0) is 15.1. The fourth-order valence-corrected chi connectivity index (χ4v) is 3.20. The number of aryl methyl sites for hydroxylation is 2. The van der Waals surface area contributed by atoms with Crippen LogP contribution in [0.3, 0.4) is 0 Å². The van der Waals surface area contributed by atoms with Crippen molar-refractivity contribution in [1.29, 1.82) is 5.26 Å². The third-order valence-corrected chi connectivity index (χ3v) is 4.65. The maximum Gasteiger partial charge on any atom is 0.196 e. The summed E-state index contributed by atoms with van der Waals surface area (Å²) in [4.78, 5) is 0. The summed E-state index contributed by atoms with van der Waals surface area (Å²) in [5, 5.41) is 8.47. The molecule has 1 nitrogen and oxygen atoms in total. The van der Waals surface area contributed by atoms with Crippen LogP contribution in [0.15, 0.2) is 36.2 Å². The summed E-state index contributed by atoms with van der Waals surface area (Å²) in [6.45, 7) is 2.18. The van der Waals surface area contributed by atoms with E-state index in [0.717, 1.165) is 44.4 Å². The van der Waals surface area contributed by atoms with E-state index in [1.165, 1.54) is 23.6 Å². The number of hydrogen-bond acceptors (Lipinski definition) is 1. The van der Waals surface area contributed by atoms with Crippen molar-refractivity contribution >= 4 is 0 Å². The highest BCUT2D eigenvalue weighted by Crippen LogP contribution is 2.33. The van der Waals surface area contributed by atoms with Crippen LogP contribution in [0.5, 0.6) is 0 Å². The number of hydrogen-bond donors (Lipinski definition) is 0. The Bertz CT molecular complexity index is 501. The fourth-order valence-electron chi connectivity index (χ4n) is 3.20. The number of nitriles is 1. The summed E-state index contributed by atoms with van der Waals surface area (Å²) in [7, 11) is 0. The Labute approximate surface area is 127 Å². The molecule has 0 bridgehead atoms. The van der Waals surface area contributed by atoms with Crippen LogP contribution in [0.25, 0.3) is 0 Å². The van der Waals surface area contributed by atoms with Gasteiger partial charge in [-0.25, -0.2) is 0 Å². The van der Waals surface area contributed by atoms with Crippen molar-refractivity contribution in [2.45, 2.75) is 51.9 Å². The molecule has 0 aromatic heterocycles. The quantitative estimate of drug-likeness (QED) is 0.668. The zero-order valence-electron chi connectivity index (χ0n) is 12.8. The first kappa shape index (κ1) is 15.8. The molecule has 1 fully saturated rings. The van der Waals surface area contributed by atoms with Crippen molar-refractivity contribution in [3.63, 3.8) is 0 Å². The molecule has 1 aliphatic rings. The maximum absolute atomic E-state index is 12.9. The number of allylic oxidation sites excluding steroid dienone is 2. The van der Waals surface area contributed by atoms with Crippen molar-refractivity contribution in [2.24, 2.45) is 11.8 Å². The van der Waals surface area contributed by atoms with Crippen LogP contribution >= 0.6 is 0 Å². The topological polar surface area (TPSA) is 23.8 Å². The second-order valence-electron chi connectivity index (χ2n) is 6.12. The van der Waals surface area contributed by atoms with Crippen LogP contribution in [0, 0.1) is 23.2 Å². The van der Waals surface area contributed by atoms with Gasteiger partial charge in [0.2, 0.25) is 0 Å². The molecule has 112 valence electrons. The van der Waals surface area contributed by atoms with Crippen molar-refractivity contribution in [3.8, 4) is 6.07 Å². The van der Waals surface area contributed by atoms with Crippen LogP contribution < -0.4 is 0 Å². The molecule has 0 saturated heterocycles. The van der Waals surface area contributed by atoms with E-state index in [0.29, 0.717) is 0 Å². The van der Waals surface area contributed by atoms with E-state index >= 15 is 0 Å². The average molecular weight is 285 g/mol. The summed E-state index contributed by atoms with van der Waals surface area (Å²) in [5.74, 6) is 0.407. The van der Waals surface area contributed by atoms with Gasteiger partial charge < -0.3 is 0 Å². The van der Waals surface area contributed by atoms with Gasteiger partial charge in [-0.05, 0) is 74.0 Å². The summed E-state index contributed by atoms with van der Waals surface area (Å²) >= 11 is 0. The van der Waals surface area contributed by atoms with Crippen molar-refractivity contribution in [2.75, 3.05) is 0 Å². The van der Waals surface area contributed by atoms with Gasteiger partial charge >= 0.3 is 0 Å². The van der Waals surface area contributed by atoms with Gasteiger partial charge in [0.1, 0.15) is 6.07 Å². The Balaban J connectivity index is 1.75. The van der Waals surface area contributed by atoms with E-state index in [2.05, 4.69) is 31.2 Å². The molecule has 2 heteroatoms. The lowest BCUT2D eigenvalue weighted by molar-refractivity contribution is 0.294. The molecule has 0 unspecified atom stereocenters. The van der Waals surface area contributed by atoms with Gasteiger partial charge in [-0.15, -0.1) is 0 Å². The van der Waals surface area contributed by atoms with Gasteiger partial charge in [-0.2, -0.15) is 9.65 Å². The van der Waals surface area contributed by atoms with Crippen LogP contribution in [0.2, 0.25) is 0 Å². The number of nitrogens with zero attached hydrogens (tertiary/aromatic N) is 1. The molecule has 0 aliphatic heterocycles. The van der Waals surface area contributed by atoms with E-state index in [-0.39, 0.29) is 5.92 Å². The van der Waals surface area contributed by atoms with Crippen LogP contribution in [0.1, 0.15) is 50.2 Å². The molecule has 0 amide bonds. The van der Waals surface area contributed by atoms with Crippen LogP contribution in [0.4, 0.5) is 4.39 Å². The van der Waals surface area contributed by atoms with Gasteiger partial charge in [-0.1, -0.05) is 31.2 Å². The second-order valence-corrected chi connectivity index (χ2v) is 6.12. The second kappa shape index (κ2) is 7.98. The molecule has 1 aromatic carbocycles. The SMILES string of the molecule is CCc1ccc(CCC2CCC(C=C(F)C#N)CC2)cc1. The molecule has 0 radical (unpaired) electrons. The molecular weight excluding hydrogens is 261 g/mol. The average Bonchev–Trinajstić information content (AvgIpc) is 2.54. The van der Waals surface area contributed by atoms with E-state index in [1.54, 1.807) is 6.07 Å². The first-order valence-electron chi connectivity index (χ1n) is 8.06. The Kier molecular flexibility index (Phi) is 5.99. The highest BCUT2D eigenvalue weighted by atomic mass is 19.1. The lowest BCUT2D eigenvalue weighted by atomic mass is 9.79. The molecule has 0 spiro atoms. The zero-order valence-corrected chi connectivity index (χ0v) is 12.8. The van der Waals surface area contributed by atoms with Gasteiger partial charge in [0.15, 0.2) is 5.83 Å². The molecular formula is C19H24FN. The van der Waals surface area contributed by atoms with E-state index in [4.69, 9.17) is 5.26 Å².